The number of anilines is 2. The Hall–Kier alpha value is -2.59. The fourth-order valence-electron chi connectivity index (χ4n) is 3.53. The minimum Gasteiger partial charge on any atom is -0.368 e. The molecular weight excluding hydrogens is 348 g/mol. The maximum absolute atomic E-state index is 12.2. The van der Waals surface area contributed by atoms with Crippen LogP contribution in [0.4, 0.5) is 11.4 Å². The Morgan fingerprint density at radius 3 is 2.15 bits per heavy atom. The topological polar surface area (TPSA) is 40.6 Å². The van der Waals surface area contributed by atoms with Crippen molar-refractivity contribution in [2.24, 2.45) is 0 Å². The highest BCUT2D eigenvalue weighted by Crippen LogP contribution is 2.29. The summed E-state index contributed by atoms with van der Waals surface area (Å²) in [5.41, 5.74) is 3.44. The number of halogens is 1. The Balaban J connectivity index is 1.55. The van der Waals surface area contributed by atoms with Crippen LogP contribution in [0.3, 0.4) is 0 Å². The first-order valence-electron chi connectivity index (χ1n) is 8.70. The van der Waals surface area contributed by atoms with E-state index in [2.05, 4.69) is 4.90 Å². The third-order valence-electron chi connectivity index (χ3n) is 4.99. The molecule has 0 bridgehead atoms. The second kappa shape index (κ2) is 6.61. The molecule has 4 rings (SSSR count). The van der Waals surface area contributed by atoms with Crippen LogP contribution in [0.15, 0.2) is 58.1 Å². The molecule has 0 saturated carbocycles. The van der Waals surface area contributed by atoms with Crippen LogP contribution in [0, 0.1) is 6.92 Å². The van der Waals surface area contributed by atoms with E-state index in [9.17, 15) is 9.59 Å². The van der Waals surface area contributed by atoms with Crippen molar-refractivity contribution in [3.05, 3.63) is 79.6 Å². The third kappa shape index (κ3) is 2.90. The Labute approximate surface area is 156 Å². The molecular formula is C21H19ClN2O2. The van der Waals surface area contributed by atoms with Crippen molar-refractivity contribution in [3.8, 4) is 11.1 Å². The number of hydrogen-bond donors (Lipinski definition) is 0. The highest BCUT2D eigenvalue weighted by molar-refractivity contribution is 6.30. The molecule has 0 atom stereocenters. The maximum atomic E-state index is 12.2. The van der Waals surface area contributed by atoms with E-state index >= 15 is 0 Å². The average Bonchev–Trinajstić information content (AvgIpc) is 2.66. The van der Waals surface area contributed by atoms with E-state index in [0.29, 0.717) is 29.4 Å². The van der Waals surface area contributed by atoms with Crippen molar-refractivity contribution in [1.29, 1.82) is 0 Å². The molecule has 5 heteroatoms. The average molecular weight is 367 g/mol. The third-order valence-corrected chi connectivity index (χ3v) is 5.23. The van der Waals surface area contributed by atoms with Gasteiger partial charge in [0.25, 0.3) is 0 Å². The summed E-state index contributed by atoms with van der Waals surface area (Å²) >= 11 is 6.08. The van der Waals surface area contributed by atoms with Gasteiger partial charge in [-0.1, -0.05) is 47.5 Å². The molecule has 1 fully saturated rings. The smallest absolute Gasteiger partial charge is 0.250 e. The van der Waals surface area contributed by atoms with Crippen molar-refractivity contribution in [2.45, 2.75) is 6.92 Å². The lowest BCUT2D eigenvalue weighted by Crippen LogP contribution is -2.51. The summed E-state index contributed by atoms with van der Waals surface area (Å²) in [4.78, 5) is 28.7. The summed E-state index contributed by atoms with van der Waals surface area (Å²) in [6.07, 6.45) is 0. The Morgan fingerprint density at radius 1 is 0.846 bits per heavy atom. The van der Waals surface area contributed by atoms with Crippen LogP contribution in [0.1, 0.15) is 5.56 Å². The predicted octanol–water partition coefficient (Wildman–Crippen LogP) is 3.24. The number of piperazine rings is 1. The second-order valence-corrected chi connectivity index (χ2v) is 7.14. The lowest BCUT2D eigenvalue weighted by molar-refractivity contribution is 0.651. The number of benzene rings is 2. The van der Waals surface area contributed by atoms with Crippen molar-refractivity contribution in [3.63, 3.8) is 0 Å². The minimum atomic E-state index is -0.374. The normalized spacial score (nSPS) is 14.8. The van der Waals surface area contributed by atoms with Gasteiger partial charge >= 0.3 is 0 Å². The first-order valence-corrected chi connectivity index (χ1v) is 9.08. The van der Waals surface area contributed by atoms with E-state index in [1.165, 1.54) is 0 Å². The molecule has 0 aliphatic carbocycles. The molecule has 1 heterocycles. The molecule has 0 N–H and O–H groups in total. The Kier molecular flexibility index (Phi) is 4.29. The summed E-state index contributed by atoms with van der Waals surface area (Å²) in [5.74, 6) is 0. The summed E-state index contributed by atoms with van der Waals surface area (Å²) < 4.78 is 0. The predicted molar refractivity (Wildman–Crippen MR) is 107 cm³/mol. The largest absolute Gasteiger partial charge is 0.368 e. The summed E-state index contributed by atoms with van der Waals surface area (Å²) in [5, 5.41) is 0.717. The van der Waals surface area contributed by atoms with Crippen molar-refractivity contribution >= 4 is 23.0 Å². The van der Waals surface area contributed by atoms with Crippen molar-refractivity contribution in [2.75, 3.05) is 36.0 Å². The first kappa shape index (κ1) is 16.9. The molecule has 0 unspecified atom stereocenters. The zero-order chi connectivity index (χ0) is 18.3. The van der Waals surface area contributed by atoms with E-state index in [1.807, 2.05) is 60.4 Å². The van der Waals surface area contributed by atoms with Gasteiger partial charge < -0.3 is 9.80 Å². The zero-order valence-corrected chi connectivity index (χ0v) is 15.3. The van der Waals surface area contributed by atoms with Crippen LogP contribution in [0.5, 0.6) is 0 Å². The van der Waals surface area contributed by atoms with Crippen LogP contribution in [-0.2, 0) is 0 Å². The van der Waals surface area contributed by atoms with Gasteiger partial charge in [0.2, 0.25) is 10.9 Å². The molecule has 4 nitrogen and oxygen atoms in total. The number of aryl methyl sites for hydroxylation is 1. The van der Waals surface area contributed by atoms with Crippen LogP contribution in [-0.4, -0.2) is 26.2 Å². The lowest BCUT2D eigenvalue weighted by Gasteiger charge is -2.38. The number of rotatable bonds is 3. The molecule has 1 saturated heterocycles. The van der Waals surface area contributed by atoms with Crippen LogP contribution in [0.25, 0.3) is 11.1 Å². The van der Waals surface area contributed by atoms with Crippen molar-refractivity contribution < 1.29 is 0 Å². The number of nitrogens with zero attached hydrogens (tertiary/aromatic N) is 2. The van der Waals surface area contributed by atoms with E-state index in [1.54, 1.807) is 0 Å². The molecule has 1 aliphatic rings. The zero-order valence-electron chi connectivity index (χ0n) is 14.5. The summed E-state index contributed by atoms with van der Waals surface area (Å²) in [7, 11) is 0. The van der Waals surface area contributed by atoms with Gasteiger partial charge in [-0.3, -0.25) is 9.59 Å². The fourth-order valence-corrected chi connectivity index (χ4v) is 3.72. The number of hydrogen-bond acceptors (Lipinski definition) is 4. The van der Waals surface area contributed by atoms with Gasteiger partial charge in [0, 0.05) is 36.9 Å². The standard InChI is InChI=1S/C21H19ClN2O2/c1-14-5-7-15(8-6-14)18-19(21(26)20(18)25)24-11-9-23(10-12-24)17-4-2-3-16(22)13-17/h2-8,13H,9-12H2,1H3. The highest BCUT2D eigenvalue weighted by Gasteiger charge is 2.29. The molecule has 0 radical (unpaired) electrons. The van der Waals surface area contributed by atoms with Crippen LogP contribution >= 0.6 is 11.6 Å². The Morgan fingerprint density at radius 2 is 1.50 bits per heavy atom. The van der Waals surface area contributed by atoms with Gasteiger partial charge in [-0.05, 0) is 30.7 Å². The highest BCUT2D eigenvalue weighted by atomic mass is 35.5. The molecule has 0 amide bonds. The summed E-state index contributed by atoms with van der Waals surface area (Å²) in [6.45, 7) is 4.98. The molecule has 3 aromatic carbocycles. The van der Waals surface area contributed by atoms with Crippen LogP contribution < -0.4 is 20.7 Å². The van der Waals surface area contributed by atoms with Gasteiger partial charge in [-0.2, -0.15) is 0 Å². The molecule has 26 heavy (non-hydrogen) atoms. The molecule has 0 aromatic heterocycles. The van der Waals surface area contributed by atoms with Crippen molar-refractivity contribution in [1.82, 2.24) is 0 Å². The molecule has 132 valence electrons. The second-order valence-electron chi connectivity index (χ2n) is 6.70. The molecule has 1 aliphatic heterocycles. The van der Waals surface area contributed by atoms with Crippen LogP contribution in [0.2, 0.25) is 5.02 Å². The van der Waals surface area contributed by atoms with Gasteiger partial charge in [0.15, 0.2) is 0 Å². The quantitative estimate of drug-likeness (QED) is 0.667. The summed E-state index contributed by atoms with van der Waals surface area (Å²) in [6, 6.07) is 15.5. The van der Waals surface area contributed by atoms with Gasteiger partial charge in [0.05, 0.1) is 5.56 Å². The monoisotopic (exact) mass is 366 g/mol. The van der Waals surface area contributed by atoms with Gasteiger partial charge in [0.1, 0.15) is 5.69 Å². The van der Waals surface area contributed by atoms with Gasteiger partial charge in [-0.15, -0.1) is 0 Å². The first-order chi connectivity index (χ1) is 12.5. The molecule has 0 spiro atoms. The SMILES string of the molecule is Cc1ccc(-c2c(N3CCN(c4cccc(Cl)c4)CC3)c(=O)c2=O)cc1. The fraction of sp³-hybridized carbons (Fsp3) is 0.238. The van der Waals surface area contributed by atoms with E-state index < -0.39 is 0 Å². The van der Waals surface area contributed by atoms with Gasteiger partial charge in [-0.25, -0.2) is 0 Å². The van der Waals surface area contributed by atoms with E-state index in [0.717, 1.165) is 29.9 Å². The maximum Gasteiger partial charge on any atom is 0.250 e. The Bertz CT molecular complexity index is 1010. The van der Waals surface area contributed by atoms with E-state index in [4.69, 9.17) is 11.6 Å². The minimum absolute atomic E-state index is 0.364. The lowest BCUT2D eigenvalue weighted by atomic mass is 9.96. The van der Waals surface area contributed by atoms with E-state index in [-0.39, 0.29) is 10.9 Å². The molecule has 3 aromatic rings.